The van der Waals surface area contributed by atoms with Crippen molar-refractivity contribution in [1.82, 2.24) is 16.2 Å². The number of urea groups is 1. The van der Waals surface area contributed by atoms with Crippen LogP contribution in [0.25, 0.3) is 0 Å². The molecule has 11 heteroatoms. The zero-order valence-electron chi connectivity index (χ0n) is 14.1. The van der Waals surface area contributed by atoms with Gasteiger partial charge in [-0.15, -0.1) is 0 Å². The number of carbonyl (C=O) groups is 2. The highest BCUT2D eigenvalue weighted by Gasteiger charge is 2.30. The van der Waals surface area contributed by atoms with Crippen LogP contribution in [0.3, 0.4) is 0 Å². The average Bonchev–Trinajstić information content (AvgIpc) is 2.50. The van der Waals surface area contributed by atoms with Crippen molar-refractivity contribution in [1.29, 1.82) is 0 Å². The van der Waals surface area contributed by atoms with Crippen molar-refractivity contribution in [2.45, 2.75) is 32.5 Å². The minimum atomic E-state index is -4.48. The normalized spacial score (nSPS) is 12.2. The Labute approximate surface area is 153 Å². The lowest BCUT2D eigenvalue weighted by Gasteiger charge is -2.20. The molecular weight excluding hydrogens is 371 g/mol. The van der Waals surface area contributed by atoms with E-state index in [1.54, 1.807) is 0 Å². The molecule has 0 bridgehead atoms. The van der Waals surface area contributed by atoms with Crippen molar-refractivity contribution in [3.63, 3.8) is 0 Å². The van der Waals surface area contributed by atoms with Crippen LogP contribution in [0.5, 0.6) is 0 Å². The first-order valence-electron chi connectivity index (χ1n) is 7.59. The van der Waals surface area contributed by atoms with Gasteiger partial charge in [0.1, 0.15) is 6.04 Å². The van der Waals surface area contributed by atoms with Gasteiger partial charge in [-0.2, -0.15) is 13.2 Å². The number of anilines is 1. The number of amides is 3. The van der Waals surface area contributed by atoms with Crippen LogP contribution in [0.1, 0.15) is 25.8 Å². The SMILES string of the molecule is CC(C)C[C@H](NC(N)=O)C(=O)NNC(=S)Nc1cccc(C(F)(F)F)c1. The summed E-state index contributed by atoms with van der Waals surface area (Å²) in [7, 11) is 0. The van der Waals surface area contributed by atoms with Crippen molar-refractivity contribution in [3.05, 3.63) is 29.8 Å². The predicted molar refractivity (Wildman–Crippen MR) is 94.9 cm³/mol. The molecule has 1 aromatic carbocycles. The first-order valence-corrected chi connectivity index (χ1v) is 8.00. The lowest BCUT2D eigenvalue weighted by atomic mass is 10.0. The number of hydrogen-bond donors (Lipinski definition) is 5. The van der Waals surface area contributed by atoms with Gasteiger partial charge in [-0.1, -0.05) is 19.9 Å². The second-order valence-corrected chi connectivity index (χ2v) is 6.25. The largest absolute Gasteiger partial charge is 0.416 e. The van der Waals surface area contributed by atoms with Gasteiger partial charge in [-0.05, 0) is 42.8 Å². The monoisotopic (exact) mass is 391 g/mol. The van der Waals surface area contributed by atoms with Crippen LogP contribution >= 0.6 is 12.2 Å². The maximum atomic E-state index is 12.7. The van der Waals surface area contributed by atoms with E-state index >= 15 is 0 Å². The summed E-state index contributed by atoms with van der Waals surface area (Å²) < 4.78 is 38.0. The Morgan fingerprint density at radius 1 is 1.23 bits per heavy atom. The number of nitrogens with two attached hydrogens (primary N) is 1. The lowest BCUT2D eigenvalue weighted by Crippen LogP contribution is -2.54. The quantitative estimate of drug-likeness (QED) is 0.390. The zero-order chi connectivity index (χ0) is 19.9. The number of primary amides is 1. The molecule has 6 N–H and O–H groups in total. The van der Waals surface area contributed by atoms with Crippen LogP contribution in [-0.4, -0.2) is 23.1 Å². The molecule has 1 atom stereocenters. The molecule has 1 aromatic rings. The van der Waals surface area contributed by atoms with Gasteiger partial charge in [-0.25, -0.2) is 4.79 Å². The summed E-state index contributed by atoms with van der Waals surface area (Å²) in [5.74, 6) is -0.488. The summed E-state index contributed by atoms with van der Waals surface area (Å²) in [4.78, 5) is 23.0. The van der Waals surface area contributed by atoms with Crippen molar-refractivity contribution >= 4 is 35.0 Å². The smallest absolute Gasteiger partial charge is 0.352 e. The van der Waals surface area contributed by atoms with E-state index in [0.29, 0.717) is 6.42 Å². The topological polar surface area (TPSA) is 108 Å². The van der Waals surface area contributed by atoms with E-state index in [1.165, 1.54) is 12.1 Å². The Hall–Kier alpha value is -2.56. The molecule has 0 fully saturated rings. The van der Waals surface area contributed by atoms with Gasteiger partial charge in [0.25, 0.3) is 5.91 Å². The maximum Gasteiger partial charge on any atom is 0.416 e. The zero-order valence-corrected chi connectivity index (χ0v) is 14.9. The van der Waals surface area contributed by atoms with Gasteiger partial charge in [0.2, 0.25) is 0 Å². The molecule has 26 heavy (non-hydrogen) atoms. The summed E-state index contributed by atoms with van der Waals surface area (Å²) >= 11 is 4.92. The number of hydrogen-bond acceptors (Lipinski definition) is 3. The summed E-state index contributed by atoms with van der Waals surface area (Å²) in [5.41, 5.74) is 8.93. The van der Waals surface area contributed by atoms with Gasteiger partial charge in [0.05, 0.1) is 5.56 Å². The van der Waals surface area contributed by atoms with Crippen LogP contribution in [0.15, 0.2) is 24.3 Å². The van der Waals surface area contributed by atoms with Gasteiger partial charge in [0.15, 0.2) is 5.11 Å². The summed E-state index contributed by atoms with van der Waals surface area (Å²) in [6.45, 7) is 3.71. The van der Waals surface area contributed by atoms with E-state index in [-0.39, 0.29) is 16.7 Å². The van der Waals surface area contributed by atoms with Gasteiger partial charge >= 0.3 is 12.2 Å². The van der Waals surface area contributed by atoms with Crippen molar-refractivity contribution in [2.24, 2.45) is 11.7 Å². The predicted octanol–water partition coefficient (Wildman–Crippen LogP) is 2.11. The molecule has 0 aliphatic heterocycles. The second-order valence-electron chi connectivity index (χ2n) is 5.84. The molecule has 0 radical (unpaired) electrons. The van der Waals surface area contributed by atoms with Gasteiger partial charge in [0, 0.05) is 5.69 Å². The van der Waals surface area contributed by atoms with Crippen molar-refractivity contribution in [3.8, 4) is 0 Å². The van der Waals surface area contributed by atoms with E-state index in [4.69, 9.17) is 18.0 Å². The fourth-order valence-electron chi connectivity index (χ4n) is 2.02. The van der Waals surface area contributed by atoms with Crippen LogP contribution in [0.2, 0.25) is 0 Å². The number of halogens is 3. The third kappa shape index (κ3) is 7.55. The Morgan fingerprint density at radius 3 is 2.42 bits per heavy atom. The molecule has 144 valence electrons. The maximum absolute atomic E-state index is 12.7. The second kappa shape index (κ2) is 9.22. The highest BCUT2D eigenvalue weighted by atomic mass is 32.1. The van der Waals surface area contributed by atoms with Crippen molar-refractivity contribution < 1.29 is 22.8 Å². The number of benzene rings is 1. The molecule has 0 saturated heterocycles. The number of alkyl halides is 3. The fraction of sp³-hybridized carbons (Fsp3) is 0.400. The third-order valence-corrected chi connectivity index (χ3v) is 3.29. The number of nitrogens with one attached hydrogen (secondary N) is 4. The minimum absolute atomic E-state index is 0.0977. The van der Waals surface area contributed by atoms with E-state index in [0.717, 1.165) is 12.1 Å². The summed E-state index contributed by atoms with van der Waals surface area (Å²) in [6, 6.07) is 2.69. The number of thiocarbonyl (C=S) groups is 1. The van der Waals surface area contributed by atoms with Crippen LogP contribution in [-0.2, 0) is 11.0 Å². The lowest BCUT2D eigenvalue weighted by molar-refractivity contribution is -0.137. The first-order chi connectivity index (χ1) is 12.0. The first kappa shape index (κ1) is 21.5. The van der Waals surface area contributed by atoms with E-state index in [9.17, 15) is 22.8 Å². The van der Waals surface area contributed by atoms with Gasteiger partial charge < -0.3 is 16.4 Å². The summed E-state index contributed by atoms with van der Waals surface area (Å²) in [6.07, 6.45) is -4.14. The highest BCUT2D eigenvalue weighted by molar-refractivity contribution is 7.80. The molecule has 3 amide bonds. The van der Waals surface area contributed by atoms with Crippen molar-refractivity contribution in [2.75, 3.05) is 5.32 Å². The average molecular weight is 391 g/mol. The standard InChI is InChI=1S/C15H20F3N5O2S/c1-8(2)6-11(21-13(19)25)12(24)22-23-14(26)20-10-5-3-4-9(7-10)15(16,17)18/h3-5,7-8,11H,6H2,1-2H3,(H,22,24)(H3,19,21,25)(H2,20,23,26)/t11-/m0/s1. The van der Waals surface area contributed by atoms with E-state index < -0.39 is 29.7 Å². The van der Waals surface area contributed by atoms with Crippen LogP contribution in [0, 0.1) is 5.92 Å². The van der Waals surface area contributed by atoms with E-state index in [1.807, 2.05) is 13.8 Å². The molecule has 0 aliphatic rings. The molecule has 0 heterocycles. The molecule has 0 unspecified atom stereocenters. The highest BCUT2D eigenvalue weighted by Crippen LogP contribution is 2.30. The Bertz CT molecular complexity index is 667. The Kier molecular flexibility index (Phi) is 7.62. The van der Waals surface area contributed by atoms with E-state index in [2.05, 4.69) is 21.5 Å². The molecular formula is C15H20F3N5O2S. The third-order valence-electron chi connectivity index (χ3n) is 3.09. The number of hydrazine groups is 1. The van der Waals surface area contributed by atoms with Crippen LogP contribution < -0.4 is 27.2 Å². The summed E-state index contributed by atoms with van der Waals surface area (Å²) in [5, 5.41) is 4.71. The van der Waals surface area contributed by atoms with Gasteiger partial charge in [-0.3, -0.25) is 15.6 Å². The molecule has 0 aromatic heterocycles. The minimum Gasteiger partial charge on any atom is -0.352 e. The Balaban J connectivity index is 2.62. The number of carbonyl (C=O) groups excluding carboxylic acids is 2. The van der Waals surface area contributed by atoms with Crippen LogP contribution in [0.4, 0.5) is 23.7 Å². The fourth-order valence-corrected chi connectivity index (χ4v) is 2.18. The number of rotatable bonds is 5. The molecule has 7 nitrogen and oxygen atoms in total. The Morgan fingerprint density at radius 2 is 1.88 bits per heavy atom. The molecule has 0 saturated carbocycles. The molecule has 0 aliphatic carbocycles. The molecule has 0 spiro atoms. The molecule has 1 rings (SSSR count).